The molecule has 4 aromatic rings. The van der Waals surface area contributed by atoms with Crippen molar-refractivity contribution in [2.24, 2.45) is 12.8 Å². The van der Waals surface area contributed by atoms with Gasteiger partial charge < -0.3 is 10.3 Å². The second-order valence-corrected chi connectivity index (χ2v) is 6.40. The summed E-state index contributed by atoms with van der Waals surface area (Å²) >= 11 is 0. The summed E-state index contributed by atoms with van der Waals surface area (Å²) in [5.74, 6) is 0.169. The molecule has 25 heavy (non-hydrogen) atoms. The van der Waals surface area contributed by atoms with E-state index in [1.54, 1.807) is 0 Å². The van der Waals surface area contributed by atoms with Gasteiger partial charge in [0.15, 0.2) is 0 Å². The fraction of sp³-hybridized carbons (Fsp3) is 0.130. The quantitative estimate of drug-likeness (QED) is 0.566. The maximum atomic E-state index is 6.27. The van der Waals surface area contributed by atoms with Gasteiger partial charge in [-0.05, 0) is 22.8 Å². The average Bonchev–Trinajstić information content (AvgIpc) is 2.97. The smallest absolute Gasteiger partial charge is 0.0527 e. The van der Waals surface area contributed by atoms with Crippen LogP contribution in [0.3, 0.4) is 0 Å². The van der Waals surface area contributed by atoms with Crippen molar-refractivity contribution in [2.45, 2.75) is 5.92 Å². The highest BCUT2D eigenvalue weighted by Crippen LogP contribution is 2.39. The Hall–Kier alpha value is -2.84. The van der Waals surface area contributed by atoms with Gasteiger partial charge in [-0.1, -0.05) is 78.9 Å². The molecule has 0 saturated heterocycles. The number of nitrogens with two attached hydrogens (primary N) is 1. The Morgan fingerprint density at radius 2 is 1.40 bits per heavy atom. The number of rotatable bonds is 4. The lowest BCUT2D eigenvalue weighted by atomic mass is 9.87. The minimum absolute atomic E-state index is 0.169. The molecule has 0 aliphatic carbocycles. The molecule has 0 fully saturated rings. The van der Waals surface area contributed by atoms with Gasteiger partial charge in [0.2, 0.25) is 0 Å². The van der Waals surface area contributed by atoms with E-state index in [4.69, 9.17) is 5.73 Å². The molecule has 4 rings (SSSR count). The molecule has 2 nitrogen and oxygen atoms in total. The molecular weight excluding hydrogens is 304 g/mol. The highest BCUT2D eigenvalue weighted by molar-refractivity contribution is 5.93. The second kappa shape index (κ2) is 6.58. The summed E-state index contributed by atoms with van der Waals surface area (Å²) in [7, 11) is 2.15. The maximum Gasteiger partial charge on any atom is 0.0527 e. The number of hydrogen-bond acceptors (Lipinski definition) is 1. The van der Waals surface area contributed by atoms with Gasteiger partial charge in [0.1, 0.15) is 0 Å². The number of fused-ring (bicyclic) bond motifs is 1. The van der Waals surface area contributed by atoms with Gasteiger partial charge in [0.05, 0.1) is 5.69 Å². The Balaban J connectivity index is 2.05. The Bertz CT molecular complexity index is 985. The Labute approximate surface area is 148 Å². The molecule has 0 aliphatic heterocycles. The van der Waals surface area contributed by atoms with Gasteiger partial charge in [0, 0.05) is 30.4 Å². The zero-order valence-corrected chi connectivity index (χ0v) is 14.4. The normalized spacial score (nSPS) is 12.4. The molecule has 0 saturated carbocycles. The van der Waals surface area contributed by atoms with E-state index in [0.717, 1.165) is 0 Å². The first-order valence-corrected chi connectivity index (χ1v) is 8.69. The molecule has 124 valence electrons. The van der Waals surface area contributed by atoms with Crippen LogP contribution in [0.25, 0.3) is 22.2 Å². The summed E-state index contributed by atoms with van der Waals surface area (Å²) in [5.41, 5.74) is 12.6. The molecule has 0 unspecified atom stereocenters. The highest BCUT2D eigenvalue weighted by atomic mass is 15.0. The molecule has 0 bridgehead atoms. The van der Waals surface area contributed by atoms with Crippen LogP contribution < -0.4 is 5.73 Å². The number of aromatic nitrogens is 1. The number of hydrogen-bond donors (Lipinski definition) is 1. The molecule has 3 aromatic carbocycles. The van der Waals surface area contributed by atoms with Crippen LogP contribution >= 0.6 is 0 Å². The lowest BCUT2D eigenvalue weighted by molar-refractivity contribution is 0.820. The minimum atomic E-state index is 0.169. The van der Waals surface area contributed by atoms with Crippen molar-refractivity contribution in [1.29, 1.82) is 0 Å². The fourth-order valence-electron chi connectivity index (χ4n) is 3.83. The molecule has 1 aromatic heterocycles. The maximum absolute atomic E-state index is 6.27. The van der Waals surface area contributed by atoms with E-state index in [1.165, 1.54) is 33.3 Å². The third kappa shape index (κ3) is 2.65. The van der Waals surface area contributed by atoms with Crippen molar-refractivity contribution in [1.82, 2.24) is 4.57 Å². The summed E-state index contributed by atoms with van der Waals surface area (Å²) in [5, 5.41) is 1.28. The molecule has 2 N–H and O–H groups in total. The van der Waals surface area contributed by atoms with Crippen molar-refractivity contribution >= 4 is 10.9 Å². The van der Waals surface area contributed by atoms with E-state index >= 15 is 0 Å². The zero-order valence-electron chi connectivity index (χ0n) is 14.4. The molecule has 0 spiro atoms. The standard InChI is InChI=1S/C23H22N2/c1-25-21-15-9-8-14-19(21)22(23(25)18-12-6-3-7-13-18)20(16-24)17-10-4-2-5-11-17/h2-15,20H,16,24H2,1H3/t20-/m0/s1. The monoisotopic (exact) mass is 326 g/mol. The third-order valence-electron chi connectivity index (χ3n) is 4.98. The summed E-state index contributed by atoms with van der Waals surface area (Å²) in [6.07, 6.45) is 0. The van der Waals surface area contributed by atoms with Crippen LogP contribution in [-0.4, -0.2) is 11.1 Å². The average molecular weight is 326 g/mol. The van der Waals surface area contributed by atoms with Gasteiger partial charge in [-0.15, -0.1) is 0 Å². The van der Waals surface area contributed by atoms with Gasteiger partial charge in [-0.2, -0.15) is 0 Å². The minimum Gasteiger partial charge on any atom is -0.343 e. The Kier molecular flexibility index (Phi) is 4.12. The number of nitrogens with zero attached hydrogens (tertiary/aromatic N) is 1. The van der Waals surface area contributed by atoms with Crippen LogP contribution in [0.5, 0.6) is 0 Å². The van der Waals surface area contributed by atoms with Crippen molar-refractivity contribution in [3.63, 3.8) is 0 Å². The molecule has 2 heteroatoms. The van der Waals surface area contributed by atoms with E-state index in [2.05, 4.69) is 96.5 Å². The van der Waals surface area contributed by atoms with Gasteiger partial charge in [-0.3, -0.25) is 0 Å². The molecule has 0 radical (unpaired) electrons. The van der Waals surface area contributed by atoms with E-state index in [9.17, 15) is 0 Å². The largest absolute Gasteiger partial charge is 0.343 e. The Morgan fingerprint density at radius 3 is 2.08 bits per heavy atom. The van der Waals surface area contributed by atoms with E-state index in [0.29, 0.717) is 6.54 Å². The van der Waals surface area contributed by atoms with Crippen LogP contribution in [0.2, 0.25) is 0 Å². The van der Waals surface area contributed by atoms with Gasteiger partial charge >= 0.3 is 0 Å². The fourth-order valence-corrected chi connectivity index (χ4v) is 3.83. The first-order valence-electron chi connectivity index (χ1n) is 8.69. The summed E-state index contributed by atoms with van der Waals surface area (Å²) < 4.78 is 2.30. The molecule has 1 atom stereocenters. The highest BCUT2D eigenvalue weighted by Gasteiger charge is 2.23. The predicted molar refractivity (Wildman–Crippen MR) is 106 cm³/mol. The lowest BCUT2D eigenvalue weighted by Crippen LogP contribution is -2.14. The second-order valence-electron chi connectivity index (χ2n) is 6.40. The van der Waals surface area contributed by atoms with Crippen molar-refractivity contribution in [3.8, 4) is 11.3 Å². The van der Waals surface area contributed by atoms with E-state index < -0.39 is 0 Å². The van der Waals surface area contributed by atoms with Crippen LogP contribution in [0.15, 0.2) is 84.9 Å². The zero-order chi connectivity index (χ0) is 17.2. The van der Waals surface area contributed by atoms with Crippen LogP contribution in [-0.2, 0) is 7.05 Å². The summed E-state index contributed by atoms with van der Waals surface area (Å²) in [6, 6.07) is 29.8. The molecule has 0 aliphatic rings. The van der Waals surface area contributed by atoms with Crippen molar-refractivity contribution in [3.05, 3.63) is 96.1 Å². The van der Waals surface area contributed by atoms with Crippen LogP contribution in [0.1, 0.15) is 17.0 Å². The van der Waals surface area contributed by atoms with Crippen molar-refractivity contribution < 1.29 is 0 Å². The topological polar surface area (TPSA) is 30.9 Å². The van der Waals surface area contributed by atoms with Gasteiger partial charge in [0.25, 0.3) is 0 Å². The summed E-state index contributed by atoms with van der Waals surface area (Å²) in [4.78, 5) is 0. The van der Waals surface area contributed by atoms with Gasteiger partial charge in [-0.25, -0.2) is 0 Å². The Morgan fingerprint density at radius 1 is 0.800 bits per heavy atom. The van der Waals surface area contributed by atoms with Crippen LogP contribution in [0.4, 0.5) is 0 Å². The summed E-state index contributed by atoms with van der Waals surface area (Å²) in [6.45, 7) is 0.581. The first kappa shape index (κ1) is 15.7. The number of aryl methyl sites for hydroxylation is 1. The predicted octanol–water partition coefficient (Wildman–Crippen LogP) is 4.94. The third-order valence-corrected chi connectivity index (χ3v) is 4.98. The number of para-hydroxylation sites is 1. The van der Waals surface area contributed by atoms with E-state index in [1.807, 2.05) is 0 Å². The van der Waals surface area contributed by atoms with E-state index in [-0.39, 0.29) is 5.92 Å². The van der Waals surface area contributed by atoms with Crippen molar-refractivity contribution in [2.75, 3.05) is 6.54 Å². The lowest BCUT2D eigenvalue weighted by Gasteiger charge is -2.18. The molecule has 0 amide bonds. The first-order chi connectivity index (χ1) is 12.3. The number of benzene rings is 3. The molecule has 1 heterocycles. The SMILES string of the molecule is Cn1c(-c2ccccc2)c([C@@H](CN)c2ccccc2)c2ccccc21. The van der Waals surface area contributed by atoms with Crippen LogP contribution in [0, 0.1) is 0 Å². The molecular formula is C23H22N2.